The summed E-state index contributed by atoms with van der Waals surface area (Å²) in [6.07, 6.45) is 0.350. The topological polar surface area (TPSA) is 98.5 Å². The van der Waals surface area contributed by atoms with Gasteiger partial charge in [-0.15, -0.1) is 0 Å². The Morgan fingerprint density at radius 2 is 2.11 bits per heavy atom. The molecule has 0 aliphatic heterocycles. The highest BCUT2D eigenvalue weighted by molar-refractivity contribution is 7.90. The Morgan fingerprint density at radius 1 is 1.47 bits per heavy atom. The lowest BCUT2D eigenvalue weighted by atomic mass is 10.2. The van der Waals surface area contributed by atoms with Gasteiger partial charge in [-0.05, 0) is 24.6 Å². The molecule has 7 heteroatoms. The molecule has 0 aliphatic carbocycles. The number of amides is 1. The van der Waals surface area contributed by atoms with Gasteiger partial charge in [-0.25, -0.2) is 8.42 Å². The van der Waals surface area contributed by atoms with Gasteiger partial charge in [0.2, 0.25) is 0 Å². The van der Waals surface area contributed by atoms with Crippen LogP contribution in [0.4, 0.5) is 5.69 Å². The SMILES string of the molecule is COC(CN)C(=O)Nc1cc(S(C)(=O)=O)ccc1C. The van der Waals surface area contributed by atoms with Crippen molar-refractivity contribution in [2.45, 2.75) is 17.9 Å². The van der Waals surface area contributed by atoms with E-state index in [1.54, 1.807) is 13.0 Å². The molecule has 0 saturated heterocycles. The normalized spacial score (nSPS) is 13.1. The first-order valence-corrected chi connectivity index (χ1v) is 7.53. The molecule has 0 heterocycles. The molecule has 0 spiro atoms. The molecule has 3 N–H and O–H groups in total. The summed E-state index contributed by atoms with van der Waals surface area (Å²) in [6.45, 7) is 1.82. The lowest BCUT2D eigenvalue weighted by Crippen LogP contribution is -2.36. The van der Waals surface area contributed by atoms with E-state index >= 15 is 0 Å². The van der Waals surface area contributed by atoms with Gasteiger partial charge in [-0.1, -0.05) is 6.07 Å². The van der Waals surface area contributed by atoms with Crippen LogP contribution in [0.15, 0.2) is 23.1 Å². The fourth-order valence-electron chi connectivity index (χ4n) is 1.49. The zero-order valence-corrected chi connectivity index (χ0v) is 12.0. The average molecular weight is 286 g/mol. The van der Waals surface area contributed by atoms with Crippen molar-refractivity contribution in [1.82, 2.24) is 0 Å². The third-order valence-electron chi connectivity index (χ3n) is 2.69. The molecule has 0 radical (unpaired) electrons. The number of anilines is 1. The first-order chi connectivity index (χ1) is 8.79. The molecule has 0 bridgehead atoms. The molecule has 6 nitrogen and oxygen atoms in total. The molecule has 1 unspecified atom stereocenters. The summed E-state index contributed by atoms with van der Waals surface area (Å²) in [5, 5.41) is 2.62. The first-order valence-electron chi connectivity index (χ1n) is 5.64. The van der Waals surface area contributed by atoms with Crippen molar-refractivity contribution in [1.29, 1.82) is 0 Å². The predicted octanol–water partition coefficient (Wildman–Crippen LogP) is 0.311. The lowest BCUT2D eigenvalue weighted by molar-refractivity contribution is -0.125. The number of hydrogen-bond acceptors (Lipinski definition) is 5. The highest BCUT2D eigenvalue weighted by Gasteiger charge is 2.17. The number of methoxy groups -OCH3 is 1. The molecule has 0 saturated carbocycles. The summed E-state index contributed by atoms with van der Waals surface area (Å²) < 4.78 is 27.9. The quantitative estimate of drug-likeness (QED) is 0.811. The standard InChI is InChI=1S/C12H18N2O4S/c1-8-4-5-9(19(3,16)17)6-10(8)14-12(15)11(7-13)18-2/h4-6,11H,7,13H2,1-3H3,(H,14,15). The molecule has 0 aromatic heterocycles. The van der Waals surface area contributed by atoms with Gasteiger partial charge in [0, 0.05) is 25.6 Å². The molecular formula is C12H18N2O4S. The zero-order valence-electron chi connectivity index (χ0n) is 11.1. The van der Waals surface area contributed by atoms with Crippen molar-refractivity contribution in [3.05, 3.63) is 23.8 Å². The molecule has 0 fully saturated rings. The lowest BCUT2D eigenvalue weighted by Gasteiger charge is -2.15. The number of carbonyl (C=O) groups excluding carboxylic acids is 1. The summed E-state index contributed by atoms with van der Waals surface area (Å²) in [7, 11) is -1.93. The predicted molar refractivity (Wildman–Crippen MR) is 72.8 cm³/mol. The third kappa shape index (κ3) is 4.02. The van der Waals surface area contributed by atoms with Gasteiger partial charge >= 0.3 is 0 Å². The number of nitrogens with two attached hydrogens (primary N) is 1. The fourth-order valence-corrected chi connectivity index (χ4v) is 2.14. The van der Waals surface area contributed by atoms with Gasteiger partial charge in [0.25, 0.3) is 5.91 Å². The highest BCUT2D eigenvalue weighted by Crippen LogP contribution is 2.20. The summed E-state index contributed by atoms with van der Waals surface area (Å²) in [6, 6.07) is 4.55. The zero-order chi connectivity index (χ0) is 14.6. The largest absolute Gasteiger partial charge is 0.370 e. The van der Waals surface area contributed by atoms with Gasteiger partial charge in [0.15, 0.2) is 9.84 Å². The minimum Gasteiger partial charge on any atom is -0.370 e. The first kappa shape index (κ1) is 15.6. The van der Waals surface area contributed by atoms with Gasteiger partial charge in [0.1, 0.15) is 6.10 Å². The Labute approximate surface area is 112 Å². The number of rotatable bonds is 5. The fraction of sp³-hybridized carbons (Fsp3) is 0.417. The molecule has 1 amide bonds. The van der Waals surface area contributed by atoms with Crippen LogP contribution in [0.5, 0.6) is 0 Å². The second-order valence-corrected chi connectivity index (χ2v) is 6.21. The van der Waals surface area contributed by atoms with Crippen molar-refractivity contribution < 1.29 is 17.9 Å². The van der Waals surface area contributed by atoms with E-state index in [1.807, 2.05) is 0 Å². The molecular weight excluding hydrogens is 268 g/mol. The van der Waals surface area contributed by atoms with Crippen LogP contribution in [-0.2, 0) is 19.4 Å². The third-order valence-corrected chi connectivity index (χ3v) is 3.80. The van der Waals surface area contributed by atoms with E-state index in [0.717, 1.165) is 11.8 Å². The number of ether oxygens (including phenoxy) is 1. The number of hydrogen-bond donors (Lipinski definition) is 2. The summed E-state index contributed by atoms with van der Waals surface area (Å²) in [5.41, 5.74) is 6.58. The van der Waals surface area contributed by atoms with Gasteiger partial charge < -0.3 is 15.8 Å². The number of aryl methyl sites for hydroxylation is 1. The van der Waals surface area contributed by atoms with Crippen LogP contribution in [0, 0.1) is 6.92 Å². The minimum atomic E-state index is -3.32. The van der Waals surface area contributed by atoms with Crippen molar-refractivity contribution in [2.75, 3.05) is 25.2 Å². The van der Waals surface area contributed by atoms with Crippen LogP contribution >= 0.6 is 0 Å². The maximum atomic E-state index is 11.8. The van der Waals surface area contributed by atoms with E-state index in [0.29, 0.717) is 5.69 Å². The average Bonchev–Trinajstić information content (AvgIpc) is 2.32. The molecule has 1 aromatic carbocycles. The van der Waals surface area contributed by atoms with Gasteiger partial charge in [-0.2, -0.15) is 0 Å². The smallest absolute Gasteiger partial charge is 0.254 e. The van der Waals surface area contributed by atoms with Crippen LogP contribution in [0.3, 0.4) is 0 Å². The number of benzene rings is 1. The van der Waals surface area contributed by atoms with E-state index in [1.165, 1.54) is 19.2 Å². The van der Waals surface area contributed by atoms with E-state index in [9.17, 15) is 13.2 Å². The Morgan fingerprint density at radius 3 is 2.58 bits per heavy atom. The Bertz CT molecular complexity index is 565. The Hall–Kier alpha value is -1.44. The van der Waals surface area contributed by atoms with Crippen LogP contribution < -0.4 is 11.1 Å². The second-order valence-electron chi connectivity index (χ2n) is 4.20. The maximum Gasteiger partial charge on any atom is 0.254 e. The summed E-state index contributed by atoms with van der Waals surface area (Å²) in [5.74, 6) is -0.404. The van der Waals surface area contributed by atoms with E-state index < -0.39 is 21.8 Å². The molecule has 19 heavy (non-hydrogen) atoms. The van der Waals surface area contributed by atoms with Crippen molar-refractivity contribution in [3.8, 4) is 0 Å². The summed E-state index contributed by atoms with van der Waals surface area (Å²) >= 11 is 0. The van der Waals surface area contributed by atoms with Crippen LogP contribution in [0.25, 0.3) is 0 Å². The minimum absolute atomic E-state index is 0.0488. The van der Waals surface area contributed by atoms with E-state index in [-0.39, 0.29) is 11.4 Å². The van der Waals surface area contributed by atoms with Crippen LogP contribution in [0.2, 0.25) is 0 Å². The molecule has 0 aliphatic rings. The highest BCUT2D eigenvalue weighted by atomic mass is 32.2. The van der Waals surface area contributed by atoms with Crippen LogP contribution in [-0.4, -0.2) is 40.3 Å². The summed E-state index contributed by atoms with van der Waals surface area (Å²) in [4.78, 5) is 12.0. The van der Waals surface area contributed by atoms with Crippen molar-refractivity contribution in [2.24, 2.45) is 5.73 Å². The number of nitrogens with one attached hydrogen (secondary N) is 1. The number of sulfone groups is 1. The Balaban J connectivity index is 3.04. The molecule has 1 atom stereocenters. The van der Waals surface area contributed by atoms with Crippen molar-refractivity contribution in [3.63, 3.8) is 0 Å². The molecule has 106 valence electrons. The van der Waals surface area contributed by atoms with Crippen molar-refractivity contribution >= 4 is 21.4 Å². The Kier molecular flexibility index (Phi) is 5.04. The molecule has 1 rings (SSSR count). The second kappa shape index (κ2) is 6.14. The van der Waals surface area contributed by atoms with Gasteiger partial charge in [0.05, 0.1) is 4.90 Å². The maximum absolute atomic E-state index is 11.8. The van der Waals surface area contributed by atoms with Crippen LogP contribution in [0.1, 0.15) is 5.56 Å². The van der Waals surface area contributed by atoms with Gasteiger partial charge in [-0.3, -0.25) is 4.79 Å². The number of carbonyl (C=O) groups is 1. The van der Waals surface area contributed by atoms with E-state index in [2.05, 4.69) is 5.32 Å². The molecule has 1 aromatic rings. The van der Waals surface area contributed by atoms with E-state index in [4.69, 9.17) is 10.5 Å². The monoisotopic (exact) mass is 286 g/mol.